The summed E-state index contributed by atoms with van der Waals surface area (Å²) in [7, 11) is 0. The molecule has 3 bridgehead atoms. The van der Waals surface area contributed by atoms with Gasteiger partial charge < -0.3 is 34.3 Å². The summed E-state index contributed by atoms with van der Waals surface area (Å²) in [6.45, 7) is 11.7. The number of epoxide rings is 1. The smallest absolute Gasteiger partial charge is 0.284 e. The van der Waals surface area contributed by atoms with E-state index in [9.17, 15) is 20.1 Å². The summed E-state index contributed by atoms with van der Waals surface area (Å²) >= 11 is 0. The number of aliphatic hydroxyl groups is 3. The Hall–Kier alpha value is -1.13. The van der Waals surface area contributed by atoms with Crippen molar-refractivity contribution in [1.82, 2.24) is 0 Å². The molecule has 3 heterocycles. The van der Waals surface area contributed by atoms with Crippen molar-refractivity contribution in [1.29, 1.82) is 0 Å². The summed E-state index contributed by atoms with van der Waals surface area (Å²) in [6, 6.07) is 0. The number of hydrogen-bond acceptors (Lipinski definition) is 8. The third-order valence-corrected chi connectivity index (χ3v) is 10.8. The second kappa shape index (κ2) is 8.68. The number of ether oxygens (including phenoxy) is 4. The number of fused-ring (bicyclic) bond motifs is 3. The molecule has 212 valence electrons. The molecule has 0 aromatic carbocycles. The van der Waals surface area contributed by atoms with Crippen molar-refractivity contribution in [2.75, 3.05) is 6.61 Å². The molecule has 0 radical (unpaired) electrons. The lowest BCUT2D eigenvalue weighted by Gasteiger charge is -2.59. The van der Waals surface area contributed by atoms with Gasteiger partial charge in [-0.25, -0.2) is 0 Å². The third-order valence-electron chi connectivity index (χ3n) is 10.8. The van der Waals surface area contributed by atoms with Crippen LogP contribution in [0.15, 0.2) is 23.8 Å². The van der Waals surface area contributed by atoms with Crippen LogP contribution in [0.5, 0.6) is 0 Å². The molecule has 8 heteroatoms. The molecule has 6 aliphatic rings. The lowest BCUT2D eigenvalue weighted by Crippen LogP contribution is -2.72. The SMILES string of the molecule is C=C(C)[C@]12C[C@@H](C)C34OC(CCCCCCCCC)(O[C@@H]1C3[C@@H]1OC1(CO)C(O)C1(O)C(=O)C(C)=C[C@H]14)O2. The fourth-order valence-corrected chi connectivity index (χ4v) is 8.83. The zero-order chi connectivity index (χ0) is 27.3. The first-order chi connectivity index (χ1) is 18.0. The van der Waals surface area contributed by atoms with Gasteiger partial charge in [-0.3, -0.25) is 4.79 Å². The molecule has 0 aromatic heterocycles. The molecule has 3 saturated heterocycles. The van der Waals surface area contributed by atoms with Crippen LogP contribution >= 0.6 is 0 Å². The van der Waals surface area contributed by atoms with Crippen LogP contribution < -0.4 is 0 Å². The zero-order valence-electron chi connectivity index (χ0n) is 23.2. The van der Waals surface area contributed by atoms with E-state index in [0.717, 1.165) is 24.8 Å². The number of carbonyl (C=O) groups excluding carboxylic acids is 1. The maximum atomic E-state index is 13.5. The maximum Gasteiger partial charge on any atom is 0.284 e. The van der Waals surface area contributed by atoms with E-state index in [4.69, 9.17) is 18.9 Å². The van der Waals surface area contributed by atoms with E-state index in [2.05, 4.69) is 20.4 Å². The molecule has 6 unspecified atom stereocenters. The second-order valence-electron chi connectivity index (χ2n) is 13.0. The normalized spacial score (nSPS) is 51.8. The van der Waals surface area contributed by atoms with E-state index >= 15 is 0 Å². The quantitative estimate of drug-likeness (QED) is 0.223. The number of aliphatic hydroxyl groups excluding tert-OH is 2. The summed E-state index contributed by atoms with van der Waals surface area (Å²) in [5, 5.41) is 34.1. The van der Waals surface area contributed by atoms with Crippen molar-refractivity contribution in [3.63, 3.8) is 0 Å². The van der Waals surface area contributed by atoms with Crippen molar-refractivity contribution in [2.24, 2.45) is 17.8 Å². The number of hydrogen-bond donors (Lipinski definition) is 3. The minimum Gasteiger partial charge on any atom is -0.393 e. The Balaban J connectivity index is 1.41. The topological polar surface area (TPSA) is 118 Å². The molecule has 2 saturated carbocycles. The van der Waals surface area contributed by atoms with E-state index in [-0.39, 0.29) is 5.92 Å². The first-order valence-electron chi connectivity index (χ1n) is 14.7. The first kappa shape index (κ1) is 27.1. The molecule has 3 N–H and O–H groups in total. The lowest BCUT2D eigenvalue weighted by atomic mass is 9.54. The monoisotopic (exact) mass is 532 g/mol. The van der Waals surface area contributed by atoms with E-state index in [1.807, 2.05) is 6.92 Å². The van der Waals surface area contributed by atoms with Crippen molar-refractivity contribution < 1.29 is 39.1 Å². The van der Waals surface area contributed by atoms with Crippen LogP contribution in [-0.2, 0) is 23.7 Å². The number of carbonyl (C=O) groups is 1. The Morgan fingerprint density at radius 3 is 2.45 bits per heavy atom. The average molecular weight is 533 g/mol. The molecule has 0 aromatic rings. The van der Waals surface area contributed by atoms with E-state index in [1.165, 1.54) is 25.7 Å². The molecule has 3 aliphatic heterocycles. The Morgan fingerprint density at radius 1 is 1.11 bits per heavy atom. The van der Waals surface area contributed by atoms with Gasteiger partial charge in [0.15, 0.2) is 11.4 Å². The van der Waals surface area contributed by atoms with Crippen LogP contribution in [0.3, 0.4) is 0 Å². The van der Waals surface area contributed by atoms with Gasteiger partial charge in [0.25, 0.3) is 5.97 Å². The zero-order valence-corrected chi connectivity index (χ0v) is 23.2. The Kier molecular flexibility index (Phi) is 6.18. The maximum absolute atomic E-state index is 13.5. The molecule has 11 atom stereocenters. The Labute approximate surface area is 225 Å². The van der Waals surface area contributed by atoms with Gasteiger partial charge in [-0.1, -0.05) is 65.0 Å². The highest BCUT2D eigenvalue weighted by atomic mass is 16.9. The Bertz CT molecular complexity index is 1060. The molecule has 38 heavy (non-hydrogen) atoms. The van der Waals surface area contributed by atoms with Crippen LogP contribution in [0.1, 0.15) is 85.5 Å². The molecule has 0 amide bonds. The second-order valence-corrected chi connectivity index (χ2v) is 13.0. The van der Waals surface area contributed by atoms with Gasteiger partial charge >= 0.3 is 0 Å². The summed E-state index contributed by atoms with van der Waals surface area (Å²) in [5.41, 5.74) is -4.36. The van der Waals surface area contributed by atoms with Crippen LogP contribution in [0.4, 0.5) is 0 Å². The standard InChI is InChI=1S/C30H44O8/c1-6-7-8-9-10-11-12-13-28-36-23-21-24-27(16-31,35-24)25(33)29(34)20(14-18(4)22(29)32)30(21,38-28)19(5)15-26(23,37-28)17(2)3/h14,19-21,23-25,31,33-34H,2,6-13,15-16H2,1,3-5H3/t19-,20-,21?,23-,24+,25?,26-,27?,28?,29?,30?/m1/s1. The van der Waals surface area contributed by atoms with Crippen LogP contribution in [0, 0.1) is 17.8 Å². The molecular weight excluding hydrogens is 488 g/mol. The van der Waals surface area contributed by atoms with Crippen LogP contribution in [0.2, 0.25) is 0 Å². The summed E-state index contributed by atoms with van der Waals surface area (Å²) < 4.78 is 26.7. The van der Waals surface area contributed by atoms with Gasteiger partial charge in [0.05, 0.1) is 12.2 Å². The van der Waals surface area contributed by atoms with Gasteiger partial charge in [-0.2, -0.15) is 0 Å². The summed E-state index contributed by atoms with van der Waals surface area (Å²) in [4.78, 5) is 13.5. The third kappa shape index (κ3) is 3.14. The highest BCUT2D eigenvalue weighted by Gasteiger charge is 2.88. The molecule has 6 rings (SSSR count). The van der Waals surface area contributed by atoms with Crippen molar-refractivity contribution >= 4 is 5.78 Å². The minimum atomic E-state index is -2.18. The molecule has 5 fully saturated rings. The summed E-state index contributed by atoms with van der Waals surface area (Å²) in [5.74, 6) is -3.38. The molecular formula is C30H44O8. The molecule has 3 aliphatic carbocycles. The predicted molar refractivity (Wildman–Crippen MR) is 138 cm³/mol. The molecule has 8 nitrogen and oxygen atoms in total. The van der Waals surface area contributed by atoms with Gasteiger partial charge in [-0.15, -0.1) is 0 Å². The van der Waals surface area contributed by atoms with E-state index in [0.29, 0.717) is 18.4 Å². The van der Waals surface area contributed by atoms with E-state index in [1.54, 1.807) is 13.0 Å². The van der Waals surface area contributed by atoms with Crippen molar-refractivity contribution in [3.8, 4) is 0 Å². The van der Waals surface area contributed by atoms with Crippen LogP contribution in [-0.4, -0.2) is 74.4 Å². The lowest BCUT2D eigenvalue weighted by molar-refractivity contribution is -0.430. The average Bonchev–Trinajstić information content (AvgIpc) is 3.52. The highest BCUT2D eigenvalue weighted by molar-refractivity contribution is 6.05. The van der Waals surface area contributed by atoms with Gasteiger partial charge in [0, 0.05) is 18.3 Å². The van der Waals surface area contributed by atoms with E-state index < -0.39 is 70.9 Å². The Morgan fingerprint density at radius 2 is 1.79 bits per heavy atom. The van der Waals surface area contributed by atoms with Crippen molar-refractivity contribution in [3.05, 3.63) is 23.8 Å². The largest absolute Gasteiger partial charge is 0.393 e. The fourth-order valence-electron chi connectivity index (χ4n) is 8.83. The fraction of sp³-hybridized carbons (Fsp3) is 0.833. The number of ketones is 1. The van der Waals surface area contributed by atoms with Gasteiger partial charge in [0.1, 0.15) is 29.5 Å². The molecule has 0 spiro atoms. The van der Waals surface area contributed by atoms with Gasteiger partial charge in [-0.05, 0) is 43.8 Å². The first-order valence-corrected chi connectivity index (χ1v) is 14.7. The van der Waals surface area contributed by atoms with Crippen LogP contribution in [0.25, 0.3) is 0 Å². The number of rotatable bonds is 10. The predicted octanol–water partition coefficient (Wildman–Crippen LogP) is 3.32. The summed E-state index contributed by atoms with van der Waals surface area (Å²) in [6.07, 6.45) is 7.99. The number of Topliss-reactive ketones (excluding diaryl/α,β-unsaturated/α-hetero) is 1. The van der Waals surface area contributed by atoms with Crippen molar-refractivity contribution in [2.45, 2.75) is 132 Å². The minimum absolute atomic E-state index is 0.183. The number of unbranched alkanes of at least 4 members (excludes halogenated alkanes) is 6. The van der Waals surface area contributed by atoms with Gasteiger partial charge in [0.2, 0.25) is 0 Å². The highest BCUT2D eigenvalue weighted by Crippen LogP contribution is 2.73.